The Balaban J connectivity index is 2.49. The van der Waals surface area contributed by atoms with Crippen LogP contribution in [0.15, 0.2) is 22.7 Å². The fourth-order valence-corrected chi connectivity index (χ4v) is 2.10. The van der Waals surface area contributed by atoms with Crippen LogP contribution in [-0.2, 0) is 0 Å². The molecule has 1 atom stereocenters. The minimum atomic E-state index is 0.0568. The molecule has 0 aliphatic carbocycles. The van der Waals surface area contributed by atoms with Gasteiger partial charge in [-0.2, -0.15) is 0 Å². The second-order valence-electron chi connectivity index (χ2n) is 4.86. The maximum absolute atomic E-state index is 5.83. The van der Waals surface area contributed by atoms with Gasteiger partial charge in [0, 0.05) is 6.04 Å². The highest BCUT2D eigenvalue weighted by Gasteiger charge is 2.05. The summed E-state index contributed by atoms with van der Waals surface area (Å²) < 4.78 is 6.72. The first-order valence-electron chi connectivity index (χ1n) is 6.18. The number of ether oxygens (including phenoxy) is 1. The minimum absolute atomic E-state index is 0.0568. The van der Waals surface area contributed by atoms with Crippen molar-refractivity contribution in [2.24, 2.45) is 11.7 Å². The Morgan fingerprint density at radius 3 is 2.53 bits per heavy atom. The summed E-state index contributed by atoms with van der Waals surface area (Å²) in [5.74, 6) is 1.64. The van der Waals surface area contributed by atoms with Crippen LogP contribution in [-0.4, -0.2) is 6.61 Å². The van der Waals surface area contributed by atoms with Gasteiger partial charge in [0.25, 0.3) is 0 Å². The normalized spacial score (nSPS) is 12.8. The summed E-state index contributed by atoms with van der Waals surface area (Å²) in [4.78, 5) is 0. The quantitative estimate of drug-likeness (QED) is 0.796. The fourth-order valence-electron chi connectivity index (χ4n) is 1.59. The van der Waals surface area contributed by atoms with Gasteiger partial charge in [0.15, 0.2) is 0 Å². The predicted octanol–water partition coefficient (Wildman–Crippen LogP) is 4.28. The average Bonchev–Trinajstić information content (AvgIpc) is 2.25. The second kappa shape index (κ2) is 7.02. The third kappa shape index (κ3) is 5.09. The van der Waals surface area contributed by atoms with Crippen LogP contribution in [0.4, 0.5) is 0 Å². The minimum Gasteiger partial charge on any atom is -0.492 e. The molecule has 3 heteroatoms. The van der Waals surface area contributed by atoms with E-state index < -0.39 is 0 Å². The van der Waals surface area contributed by atoms with Crippen molar-refractivity contribution in [3.05, 3.63) is 28.2 Å². The van der Waals surface area contributed by atoms with Crippen molar-refractivity contribution in [3.8, 4) is 5.75 Å². The lowest BCUT2D eigenvalue weighted by atomic mass is 10.1. The second-order valence-corrected chi connectivity index (χ2v) is 5.72. The molecule has 0 aromatic heterocycles. The Morgan fingerprint density at radius 2 is 2.00 bits per heavy atom. The van der Waals surface area contributed by atoms with Crippen molar-refractivity contribution in [2.45, 2.75) is 39.7 Å². The van der Waals surface area contributed by atoms with E-state index in [0.29, 0.717) is 0 Å². The van der Waals surface area contributed by atoms with Gasteiger partial charge in [-0.05, 0) is 59.3 Å². The molecule has 0 heterocycles. The number of halogens is 1. The van der Waals surface area contributed by atoms with Crippen molar-refractivity contribution in [1.29, 1.82) is 0 Å². The predicted molar refractivity (Wildman–Crippen MR) is 76.3 cm³/mol. The van der Waals surface area contributed by atoms with E-state index in [1.807, 2.05) is 25.1 Å². The van der Waals surface area contributed by atoms with E-state index in [9.17, 15) is 0 Å². The van der Waals surface area contributed by atoms with E-state index in [1.165, 1.54) is 6.42 Å². The van der Waals surface area contributed by atoms with Crippen LogP contribution in [0.5, 0.6) is 5.75 Å². The molecule has 0 saturated heterocycles. The van der Waals surface area contributed by atoms with Gasteiger partial charge in [-0.25, -0.2) is 0 Å². The van der Waals surface area contributed by atoms with Gasteiger partial charge in [0.2, 0.25) is 0 Å². The van der Waals surface area contributed by atoms with Crippen LogP contribution in [0.1, 0.15) is 45.2 Å². The summed E-state index contributed by atoms with van der Waals surface area (Å²) in [7, 11) is 0. The molecule has 2 N–H and O–H groups in total. The maximum Gasteiger partial charge on any atom is 0.133 e. The summed E-state index contributed by atoms with van der Waals surface area (Å²) >= 11 is 3.52. The molecular formula is C14H22BrNO. The molecule has 96 valence electrons. The highest BCUT2D eigenvalue weighted by atomic mass is 79.9. The van der Waals surface area contributed by atoms with Gasteiger partial charge < -0.3 is 10.5 Å². The van der Waals surface area contributed by atoms with Crippen LogP contribution in [0.25, 0.3) is 0 Å². The zero-order valence-corrected chi connectivity index (χ0v) is 12.5. The van der Waals surface area contributed by atoms with E-state index in [2.05, 4.69) is 29.8 Å². The van der Waals surface area contributed by atoms with E-state index in [4.69, 9.17) is 10.5 Å². The topological polar surface area (TPSA) is 35.2 Å². The Bertz CT molecular complexity index is 350. The van der Waals surface area contributed by atoms with Gasteiger partial charge in [-0.15, -0.1) is 0 Å². The molecule has 0 aliphatic rings. The van der Waals surface area contributed by atoms with Crippen LogP contribution in [0, 0.1) is 5.92 Å². The lowest BCUT2D eigenvalue weighted by molar-refractivity contribution is 0.296. The van der Waals surface area contributed by atoms with Crippen LogP contribution < -0.4 is 10.5 Å². The molecule has 0 spiro atoms. The van der Waals surface area contributed by atoms with Crippen LogP contribution in [0.3, 0.4) is 0 Å². The molecule has 2 nitrogen and oxygen atoms in total. The molecule has 0 radical (unpaired) electrons. The third-order valence-corrected chi connectivity index (χ3v) is 3.28. The van der Waals surface area contributed by atoms with Crippen molar-refractivity contribution >= 4 is 15.9 Å². The fraction of sp³-hybridized carbons (Fsp3) is 0.571. The van der Waals surface area contributed by atoms with Gasteiger partial charge in [0.05, 0.1) is 11.1 Å². The zero-order valence-electron chi connectivity index (χ0n) is 10.9. The van der Waals surface area contributed by atoms with Gasteiger partial charge in [0.1, 0.15) is 5.75 Å². The van der Waals surface area contributed by atoms with E-state index >= 15 is 0 Å². The molecule has 1 aromatic rings. The smallest absolute Gasteiger partial charge is 0.133 e. The summed E-state index contributed by atoms with van der Waals surface area (Å²) in [5.41, 5.74) is 6.94. The molecule has 0 saturated carbocycles. The highest BCUT2D eigenvalue weighted by Crippen LogP contribution is 2.28. The molecule has 1 aromatic carbocycles. The molecule has 0 bridgehead atoms. The highest BCUT2D eigenvalue weighted by molar-refractivity contribution is 9.10. The summed E-state index contributed by atoms with van der Waals surface area (Å²) in [6.07, 6.45) is 2.30. The Morgan fingerprint density at radius 1 is 1.29 bits per heavy atom. The van der Waals surface area contributed by atoms with Gasteiger partial charge >= 0.3 is 0 Å². The summed E-state index contributed by atoms with van der Waals surface area (Å²) in [5, 5.41) is 0. The van der Waals surface area contributed by atoms with Crippen LogP contribution in [0.2, 0.25) is 0 Å². The summed E-state index contributed by atoms with van der Waals surface area (Å²) in [6, 6.07) is 6.09. The van der Waals surface area contributed by atoms with Crippen LogP contribution >= 0.6 is 15.9 Å². The zero-order chi connectivity index (χ0) is 12.8. The number of hydrogen-bond donors (Lipinski definition) is 1. The van der Waals surface area contributed by atoms with E-state index in [0.717, 1.165) is 34.7 Å². The molecule has 17 heavy (non-hydrogen) atoms. The largest absolute Gasteiger partial charge is 0.492 e. The number of hydrogen-bond acceptors (Lipinski definition) is 2. The van der Waals surface area contributed by atoms with E-state index in [1.54, 1.807) is 0 Å². The average molecular weight is 300 g/mol. The molecule has 0 fully saturated rings. The molecular weight excluding hydrogens is 278 g/mol. The Hall–Kier alpha value is -0.540. The maximum atomic E-state index is 5.83. The molecule has 0 unspecified atom stereocenters. The SMILES string of the molecule is CC(C)CCCOc1ccc([C@H](C)N)cc1Br. The Labute approximate surface area is 113 Å². The third-order valence-electron chi connectivity index (χ3n) is 2.67. The van der Waals surface area contributed by atoms with Crippen molar-refractivity contribution in [3.63, 3.8) is 0 Å². The lowest BCUT2D eigenvalue weighted by Crippen LogP contribution is -2.05. The standard InChI is InChI=1S/C14H22BrNO/c1-10(2)5-4-8-17-14-7-6-12(11(3)16)9-13(14)15/h6-7,9-11H,4-5,8,16H2,1-3H3/t11-/m0/s1. The number of rotatable bonds is 6. The van der Waals surface area contributed by atoms with Crippen molar-refractivity contribution < 1.29 is 4.74 Å². The lowest BCUT2D eigenvalue weighted by Gasteiger charge is -2.12. The van der Waals surface area contributed by atoms with Gasteiger partial charge in [-0.1, -0.05) is 19.9 Å². The first kappa shape index (κ1) is 14.5. The van der Waals surface area contributed by atoms with Crippen molar-refractivity contribution in [1.82, 2.24) is 0 Å². The molecule has 0 amide bonds. The Kier molecular flexibility index (Phi) is 6.00. The number of benzene rings is 1. The van der Waals surface area contributed by atoms with E-state index in [-0.39, 0.29) is 6.04 Å². The first-order valence-corrected chi connectivity index (χ1v) is 6.98. The molecule has 1 rings (SSSR count). The number of nitrogens with two attached hydrogens (primary N) is 1. The van der Waals surface area contributed by atoms with Gasteiger partial charge in [-0.3, -0.25) is 0 Å². The molecule has 0 aliphatic heterocycles. The summed E-state index contributed by atoms with van der Waals surface area (Å²) in [6.45, 7) is 7.21. The monoisotopic (exact) mass is 299 g/mol. The van der Waals surface area contributed by atoms with Crippen molar-refractivity contribution in [2.75, 3.05) is 6.61 Å². The first-order chi connectivity index (χ1) is 8.00.